The highest BCUT2D eigenvalue weighted by atomic mass is 31.2. The number of carbonyl (C=O) groups is 1. The van der Waals surface area contributed by atoms with Crippen molar-refractivity contribution < 1.29 is 32.9 Å². The summed E-state index contributed by atoms with van der Waals surface area (Å²) in [6.45, 7) is 4.67. The molecule has 1 amide bonds. The Balaban J connectivity index is 4.19. The second-order valence-corrected chi connectivity index (χ2v) is 20.3. The Morgan fingerprint density at radius 3 is 1.27 bits per heavy atom. The number of phosphoric acid groups is 1. The molecular weight excluding hydrogens is 756 g/mol. The first-order valence-electron chi connectivity index (χ1n) is 25.6. The van der Waals surface area contributed by atoms with Crippen LogP contribution in [0.1, 0.15) is 251 Å². The van der Waals surface area contributed by atoms with Gasteiger partial charge in [0.25, 0.3) is 7.82 Å². The molecule has 0 saturated carbocycles. The monoisotopic (exact) mass is 857 g/mol. The van der Waals surface area contributed by atoms with Gasteiger partial charge in [0.05, 0.1) is 39.9 Å². The van der Waals surface area contributed by atoms with Crippen molar-refractivity contribution in [1.82, 2.24) is 5.32 Å². The maximum Gasteiger partial charge on any atom is 0.268 e. The lowest BCUT2D eigenvalue weighted by Gasteiger charge is -2.29. The van der Waals surface area contributed by atoms with Crippen molar-refractivity contribution in [2.75, 3.05) is 40.9 Å². The molecule has 2 N–H and O–H groups in total. The number of phosphoric ester groups is 1. The van der Waals surface area contributed by atoms with E-state index < -0.39 is 20.0 Å². The molecule has 0 aromatic rings. The predicted molar refractivity (Wildman–Crippen MR) is 252 cm³/mol. The lowest BCUT2D eigenvalue weighted by atomic mass is 10.0. The number of allylic oxidation sites excluding steroid dienone is 1. The zero-order valence-electron chi connectivity index (χ0n) is 40.0. The van der Waals surface area contributed by atoms with Crippen LogP contribution < -0.4 is 10.2 Å². The fourth-order valence-corrected chi connectivity index (χ4v) is 8.41. The molecule has 352 valence electrons. The van der Waals surface area contributed by atoms with Gasteiger partial charge in [-0.15, -0.1) is 0 Å². The van der Waals surface area contributed by atoms with E-state index in [2.05, 4.69) is 19.2 Å². The standard InChI is InChI=1S/C50H101N2O6P/c1-6-8-10-12-14-16-18-20-21-22-23-24-25-26-27-28-29-30-31-32-33-35-37-39-41-43-49(53)48(47-58-59(55,56)57-46-45-52(3,4)5)51-50(54)44-42-40-38-36-34-19-17-15-13-11-9-7-2/h41,43,48-49,53H,6-40,42,44-47H2,1-5H3,(H-,51,54,55,56)/b43-41+. The van der Waals surface area contributed by atoms with Gasteiger partial charge in [-0.05, 0) is 19.3 Å². The van der Waals surface area contributed by atoms with E-state index in [1.54, 1.807) is 6.08 Å². The molecule has 3 unspecified atom stereocenters. The number of nitrogens with one attached hydrogen (secondary N) is 1. The lowest BCUT2D eigenvalue weighted by Crippen LogP contribution is -2.45. The van der Waals surface area contributed by atoms with Crippen LogP contribution in [0.4, 0.5) is 0 Å². The molecule has 0 aromatic carbocycles. The van der Waals surface area contributed by atoms with Crippen LogP contribution in [0.5, 0.6) is 0 Å². The van der Waals surface area contributed by atoms with Gasteiger partial charge in [-0.2, -0.15) is 0 Å². The van der Waals surface area contributed by atoms with E-state index in [-0.39, 0.29) is 19.1 Å². The third-order valence-corrected chi connectivity index (χ3v) is 12.7. The summed E-state index contributed by atoms with van der Waals surface area (Å²) in [5.74, 6) is -0.195. The molecule has 0 saturated heterocycles. The molecule has 0 rings (SSSR count). The minimum atomic E-state index is -4.58. The Hall–Kier alpha value is -0.760. The number of rotatable bonds is 47. The minimum Gasteiger partial charge on any atom is -0.756 e. The van der Waals surface area contributed by atoms with Gasteiger partial charge in [0, 0.05) is 6.42 Å². The number of quaternary nitrogens is 1. The number of nitrogens with zero attached hydrogens (tertiary/aromatic N) is 1. The molecule has 0 aliphatic carbocycles. The summed E-state index contributed by atoms with van der Waals surface area (Å²) in [4.78, 5) is 25.3. The van der Waals surface area contributed by atoms with Crippen LogP contribution in [0.3, 0.4) is 0 Å². The van der Waals surface area contributed by atoms with Gasteiger partial charge in [-0.3, -0.25) is 9.36 Å². The summed E-state index contributed by atoms with van der Waals surface area (Å²) in [6.07, 6.45) is 49.9. The molecule has 0 radical (unpaired) electrons. The van der Waals surface area contributed by atoms with E-state index >= 15 is 0 Å². The Morgan fingerprint density at radius 2 is 0.915 bits per heavy atom. The number of hydrogen-bond acceptors (Lipinski definition) is 6. The van der Waals surface area contributed by atoms with Crippen molar-refractivity contribution in [1.29, 1.82) is 0 Å². The fourth-order valence-electron chi connectivity index (χ4n) is 7.68. The van der Waals surface area contributed by atoms with E-state index in [0.717, 1.165) is 38.5 Å². The Morgan fingerprint density at radius 1 is 0.576 bits per heavy atom. The average molecular weight is 857 g/mol. The van der Waals surface area contributed by atoms with Crippen LogP contribution in [0.2, 0.25) is 0 Å². The van der Waals surface area contributed by atoms with Gasteiger partial charge < -0.3 is 28.8 Å². The second-order valence-electron chi connectivity index (χ2n) is 18.9. The highest BCUT2D eigenvalue weighted by molar-refractivity contribution is 7.45. The largest absolute Gasteiger partial charge is 0.756 e. The molecule has 0 aliphatic heterocycles. The maximum atomic E-state index is 12.9. The van der Waals surface area contributed by atoms with Gasteiger partial charge in [0.15, 0.2) is 0 Å². The Bertz CT molecular complexity index is 974. The summed E-state index contributed by atoms with van der Waals surface area (Å²) in [7, 11) is 1.27. The van der Waals surface area contributed by atoms with Crippen molar-refractivity contribution in [3.05, 3.63) is 12.2 Å². The van der Waals surface area contributed by atoms with Crippen LogP contribution >= 0.6 is 7.82 Å². The zero-order chi connectivity index (χ0) is 43.6. The topological polar surface area (TPSA) is 108 Å². The third kappa shape index (κ3) is 45.1. The van der Waals surface area contributed by atoms with Crippen molar-refractivity contribution in [3.63, 3.8) is 0 Å². The average Bonchev–Trinajstić information content (AvgIpc) is 3.19. The number of carbonyl (C=O) groups excluding carboxylic acids is 1. The van der Waals surface area contributed by atoms with Gasteiger partial charge in [0.2, 0.25) is 5.91 Å². The SMILES string of the molecule is CCCCCCCCCCCCCCCCCCCCCCCCC/C=C/C(O)C(COP(=O)([O-])OCC[N+](C)(C)C)NC(=O)CCCCCCCCCCCCCC. The van der Waals surface area contributed by atoms with Crippen molar-refractivity contribution in [3.8, 4) is 0 Å². The van der Waals surface area contributed by atoms with Gasteiger partial charge in [0.1, 0.15) is 13.2 Å². The van der Waals surface area contributed by atoms with Crippen LogP contribution in [0.25, 0.3) is 0 Å². The predicted octanol–water partition coefficient (Wildman–Crippen LogP) is 14.1. The van der Waals surface area contributed by atoms with E-state index in [1.807, 2.05) is 27.2 Å². The number of likely N-dealkylation sites (N-methyl/N-ethyl adjacent to an activating group) is 1. The minimum absolute atomic E-state index is 0.00226. The fraction of sp³-hybridized carbons (Fsp3) is 0.940. The summed E-state index contributed by atoms with van der Waals surface area (Å²) in [6, 6.07) is -0.880. The molecule has 0 heterocycles. The Labute approximate surface area is 367 Å². The number of hydrogen-bond donors (Lipinski definition) is 2. The highest BCUT2D eigenvalue weighted by Gasteiger charge is 2.23. The van der Waals surface area contributed by atoms with E-state index in [0.29, 0.717) is 17.4 Å². The molecule has 3 atom stereocenters. The summed E-state index contributed by atoms with van der Waals surface area (Å²) in [5.41, 5.74) is 0. The summed E-state index contributed by atoms with van der Waals surface area (Å²) < 4.78 is 23.2. The van der Waals surface area contributed by atoms with Gasteiger partial charge in [-0.1, -0.05) is 238 Å². The first-order valence-corrected chi connectivity index (χ1v) is 27.0. The van der Waals surface area contributed by atoms with Gasteiger partial charge >= 0.3 is 0 Å². The first kappa shape index (κ1) is 58.2. The molecular formula is C50H101N2O6P. The van der Waals surface area contributed by atoms with Crippen LogP contribution in [0, 0.1) is 0 Å². The van der Waals surface area contributed by atoms with Crippen molar-refractivity contribution in [2.45, 2.75) is 264 Å². The highest BCUT2D eigenvalue weighted by Crippen LogP contribution is 2.38. The van der Waals surface area contributed by atoms with Crippen molar-refractivity contribution >= 4 is 13.7 Å². The van der Waals surface area contributed by atoms with Crippen LogP contribution in [-0.4, -0.2) is 68.5 Å². The molecule has 9 heteroatoms. The second kappa shape index (κ2) is 42.5. The molecule has 0 spiro atoms. The maximum absolute atomic E-state index is 12.9. The molecule has 0 aromatic heterocycles. The quantitative estimate of drug-likeness (QED) is 0.0273. The third-order valence-electron chi connectivity index (χ3n) is 11.7. The molecule has 59 heavy (non-hydrogen) atoms. The smallest absolute Gasteiger partial charge is 0.268 e. The number of aliphatic hydroxyl groups is 1. The molecule has 8 nitrogen and oxygen atoms in total. The summed E-state index contributed by atoms with van der Waals surface area (Å²) >= 11 is 0. The number of aliphatic hydroxyl groups excluding tert-OH is 1. The van der Waals surface area contributed by atoms with Gasteiger partial charge in [-0.25, -0.2) is 0 Å². The zero-order valence-corrected chi connectivity index (χ0v) is 40.9. The van der Waals surface area contributed by atoms with Crippen LogP contribution in [0.15, 0.2) is 12.2 Å². The summed E-state index contributed by atoms with van der Waals surface area (Å²) in [5, 5.41) is 13.8. The number of unbranched alkanes of at least 4 members (excludes halogenated alkanes) is 34. The van der Waals surface area contributed by atoms with E-state index in [1.165, 1.54) is 193 Å². The van der Waals surface area contributed by atoms with E-state index in [9.17, 15) is 19.4 Å². The first-order chi connectivity index (χ1) is 28.5. The molecule has 0 aliphatic rings. The van der Waals surface area contributed by atoms with Crippen molar-refractivity contribution in [2.24, 2.45) is 0 Å². The molecule has 0 bridgehead atoms. The normalized spacial score (nSPS) is 14.2. The number of amides is 1. The lowest BCUT2D eigenvalue weighted by molar-refractivity contribution is -0.870. The van der Waals surface area contributed by atoms with E-state index in [4.69, 9.17) is 9.05 Å². The molecule has 0 fully saturated rings. The Kier molecular flexibility index (Phi) is 42.0. The van der Waals surface area contributed by atoms with Crippen LogP contribution in [-0.2, 0) is 18.4 Å².